The lowest BCUT2D eigenvalue weighted by molar-refractivity contribution is -0.146. The highest BCUT2D eigenvalue weighted by Gasteiger charge is 2.13. The molecule has 0 aromatic heterocycles. The minimum atomic E-state index is -0.732. The van der Waals surface area contributed by atoms with Crippen LogP contribution in [0.15, 0.2) is 36.4 Å². The normalized spacial score (nSPS) is 10.1. The van der Waals surface area contributed by atoms with Gasteiger partial charge >= 0.3 is 5.97 Å². The van der Waals surface area contributed by atoms with Gasteiger partial charge in [0.2, 0.25) is 0 Å². The van der Waals surface area contributed by atoms with Gasteiger partial charge in [-0.2, -0.15) is 0 Å². The second-order valence-corrected chi connectivity index (χ2v) is 6.31. The van der Waals surface area contributed by atoms with Crippen LogP contribution in [-0.4, -0.2) is 45.2 Å². The third kappa shape index (κ3) is 6.53. The van der Waals surface area contributed by atoms with E-state index < -0.39 is 24.4 Å². The van der Waals surface area contributed by atoms with Crippen LogP contribution in [0, 0.1) is 13.8 Å². The van der Waals surface area contributed by atoms with Crippen molar-refractivity contribution in [2.24, 2.45) is 0 Å². The molecule has 0 unspecified atom stereocenters. The Labute approximate surface area is 169 Å². The number of methoxy groups -OCH3 is 2. The van der Waals surface area contributed by atoms with Crippen LogP contribution < -0.4 is 20.1 Å². The molecule has 0 fully saturated rings. The third-order valence-electron chi connectivity index (χ3n) is 4.03. The highest BCUT2D eigenvalue weighted by molar-refractivity contribution is 5.97. The molecule has 29 heavy (non-hydrogen) atoms. The van der Waals surface area contributed by atoms with Crippen molar-refractivity contribution in [3.05, 3.63) is 53.1 Å². The van der Waals surface area contributed by atoms with Crippen molar-refractivity contribution in [1.82, 2.24) is 5.32 Å². The lowest BCUT2D eigenvalue weighted by Crippen LogP contribution is -2.32. The van der Waals surface area contributed by atoms with Crippen molar-refractivity contribution < 1.29 is 28.6 Å². The summed E-state index contributed by atoms with van der Waals surface area (Å²) in [6.45, 7) is 3.00. The number of anilines is 1. The van der Waals surface area contributed by atoms with Crippen molar-refractivity contribution in [2.75, 3.05) is 32.7 Å². The minimum Gasteiger partial charge on any atom is -0.497 e. The molecule has 0 heterocycles. The summed E-state index contributed by atoms with van der Waals surface area (Å²) in [4.78, 5) is 36.0. The first-order valence-corrected chi connectivity index (χ1v) is 8.86. The Kier molecular flexibility index (Phi) is 7.59. The van der Waals surface area contributed by atoms with Crippen molar-refractivity contribution in [3.8, 4) is 11.5 Å². The highest BCUT2D eigenvalue weighted by atomic mass is 16.5. The van der Waals surface area contributed by atoms with Gasteiger partial charge in [0.1, 0.15) is 18.0 Å². The van der Waals surface area contributed by atoms with Gasteiger partial charge in [-0.3, -0.25) is 14.4 Å². The number of ether oxygens (including phenoxy) is 3. The predicted octanol–water partition coefficient (Wildman–Crippen LogP) is 2.23. The Balaban J connectivity index is 1.82. The lowest BCUT2D eigenvalue weighted by atomic mass is 10.1. The fraction of sp³-hybridized carbons (Fsp3) is 0.286. The third-order valence-corrected chi connectivity index (χ3v) is 4.03. The van der Waals surface area contributed by atoms with Gasteiger partial charge in [-0.25, -0.2) is 0 Å². The van der Waals surface area contributed by atoms with E-state index in [0.29, 0.717) is 17.2 Å². The van der Waals surface area contributed by atoms with Crippen LogP contribution in [0.5, 0.6) is 11.5 Å². The van der Waals surface area contributed by atoms with E-state index in [1.807, 2.05) is 26.0 Å². The molecule has 0 spiro atoms. The van der Waals surface area contributed by atoms with E-state index >= 15 is 0 Å². The zero-order valence-corrected chi connectivity index (χ0v) is 16.8. The number of amides is 2. The molecule has 0 aliphatic heterocycles. The van der Waals surface area contributed by atoms with Gasteiger partial charge in [0.05, 0.1) is 14.2 Å². The number of carbonyl (C=O) groups excluding carboxylic acids is 3. The molecule has 2 rings (SSSR count). The average molecular weight is 400 g/mol. The van der Waals surface area contributed by atoms with Crippen LogP contribution in [0.4, 0.5) is 5.69 Å². The molecule has 0 aliphatic carbocycles. The number of carbonyl (C=O) groups is 3. The number of nitrogens with one attached hydrogen (secondary N) is 2. The van der Waals surface area contributed by atoms with Gasteiger partial charge < -0.3 is 24.8 Å². The standard InChI is InChI=1S/C21H24N2O6/c1-13-5-6-18(14(2)7-13)23-19(24)12-29-20(25)11-22-21(26)15-8-16(27-3)10-17(9-15)28-4/h5-10H,11-12H2,1-4H3,(H,22,26)(H,23,24). The summed E-state index contributed by atoms with van der Waals surface area (Å²) in [5.41, 5.74) is 2.90. The second-order valence-electron chi connectivity index (χ2n) is 6.31. The smallest absolute Gasteiger partial charge is 0.325 e. The summed E-state index contributed by atoms with van der Waals surface area (Å²) in [6, 6.07) is 10.2. The molecule has 0 radical (unpaired) electrons. The second kappa shape index (κ2) is 10.1. The van der Waals surface area contributed by atoms with Crippen LogP contribution >= 0.6 is 0 Å². The van der Waals surface area contributed by atoms with Crippen molar-refractivity contribution in [1.29, 1.82) is 0 Å². The number of benzene rings is 2. The molecule has 8 heteroatoms. The summed E-state index contributed by atoms with van der Waals surface area (Å²) >= 11 is 0. The SMILES string of the molecule is COc1cc(OC)cc(C(=O)NCC(=O)OCC(=O)Nc2ccc(C)cc2C)c1. The zero-order valence-electron chi connectivity index (χ0n) is 16.8. The number of hydrogen-bond donors (Lipinski definition) is 2. The fourth-order valence-electron chi connectivity index (χ4n) is 2.53. The summed E-state index contributed by atoms with van der Waals surface area (Å²) in [5.74, 6) is -0.808. The molecular weight excluding hydrogens is 376 g/mol. The molecule has 0 atom stereocenters. The van der Waals surface area contributed by atoms with Crippen LogP contribution in [0.2, 0.25) is 0 Å². The summed E-state index contributed by atoms with van der Waals surface area (Å²) in [5, 5.41) is 5.11. The molecule has 154 valence electrons. The quantitative estimate of drug-likeness (QED) is 0.659. The molecular formula is C21H24N2O6. The number of hydrogen-bond acceptors (Lipinski definition) is 6. The Morgan fingerprint density at radius 1 is 0.931 bits per heavy atom. The monoisotopic (exact) mass is 400 g/mol. The highest BCUT2D eigenvalue weighted by Crippen LogP contribution is 2.22. The summed E-state index contributed by atoms with van der Waals surface area (Å²) in [6.07, 6.45) is 0. The minimum absolute atomic E-state index is 0.265. The van der Waals surface area contributed by atoms with E-state index in [9.17, 15) is 14.4 Å². The molecule has 0 saturated carbocycles. The molecule has 2 amide bonds. The number of esters is 1. The summed E-state index contributed by atoms with van der Waals surface area (Å²) < 4.78 is 15.1. The molecule has 8 nitrogen and oxygen atoms in total. The summed E-state index contributed by atoms with van der Waals surface area (Å²) in [7, 11) is 2.94. The maximum absolute atomic E-state index is 12.2. The van der Waals surface area contributed by atoms with E-state index in [4.69, 9.17) is 14.2 Å². The van der Waals surface area contributed by atoms with Gasteiger partial charge in [-0.1, -0.05) is 17.7 Å². The van der Waals surface area contributed by atoms with Gasteiger partial charge in [-0.15, -0.1) is 0 Å². The van der Waals surface area contributed by atoms with E-state index in [-0.39, 0.29) is 12.1 Å². The Bertz CT molecular complexity index is 888. The maximum atomic E-state index is 12.2. The van der Waals surface area contributed by atoms with Crippen LogP contribution in [0.25, 0.3) is 0 Å². The predicted molar refractivity (Wildman–Crippen MR) is 107 cm³/mol. The zero-order chi connectivity index (χ0) is 21.4. The molecule has 2 N–H and O–H groups in total. The Morgan fingerprint density at radius 3 is 2.17 bits per heavy atom. The van der Waals surface area contributed by atoms with Crippen LogP contribution in [0.1, 0.15) is 21.5 Å². The Morgan fingerprint density at radius 2 is 1.59 bits per heavy atom. The van der Waals surface area contributed by atoms with Gasteiger partial charge in [0.25, 0.3) is 11.8 Å². The van der Waals surface area contributed by atoms with Gasteiger partial charge in [0.15, 0.2) is 6.61 Å². The Hall–Kier alpha value is -3.55. The van der Waals surface area contributed by atoms with Crippen molar-refractivity contribution >= 4 is 23.5 Å². The van der Waals surface area contributed by atoms with Crippen molar-refractivity contribution in [3.63, 3.8) is 0 Å². The van der Waals surface area contributed by atoms with Gasteiger partial charge in [-0.05, 0) is 37.6 Å². The van der Waals surface area contributed by atoms with E-state index in [1.165, 1.54) is 26.4 Å². The molecule has 0 bridgehead atoms. The van der Waals surface area contributed by atoms with E-state index in [2.05, 4.69) is 10.6 Å². The molecule has 0 aliphatic rings. The average Bonchev–Trinajstić information content (AvgIpc) is 2.71. The van der Waals surface area contributed by atoms with Crippen LogP contribution in [0.3, 0.4) is 0 Å². The van der Waals surface area contributed by atoms with E-state index in [0.717, 1.165) is 11.1 Å². The maximum Gasteiger partial charge on any atom is 0.325 e. The van der Waals surface area contributed by atoms with E-state index in [1.54, 1.807) is 12.1 Å². The first kappa shape index (κ1) is 21.7. The topological polar surface area (TPSA) is 103 Å². The lowest BCUT2D eigenvalue weighted by Gasteiger charge is -2.10. The number of aryl methyl sites for hydroxylation is 2. The molecule has 2 aromatic carbocycles. The van der Waals surface area contributed by atoms with Crippen molar-refractivity contribution in [2.45, 2.75) is 13.8 Å². The first-order chi connectivity index (χ1) is 13.8. The number of rotatable bonds is 8. The van der Waals surface area contributed by atoms with Crippen LogP contribution in [-0.2, 0) is 14.3 Å². The fourth-order valence-corrected chi connectivity index (χ4v) is 2.53. The first-order valence-electron chi connectivity index (χ1n) is 8.86. The van der Waals surface area contributed by atoms with Gasteiger partial charge in [0, 0.05) is 17.3 Å². The largest absolute Gasteiger partial charge is 0.497 e. The molecule has 0 saturated heterocycles. The molecule has 2 aromatic rings.